The molecule has 0 saturated heterocycles. The molecule has 6 heteroatoms. The predicted molar refractivity (Wildman–Crippen MR) is 101 cm³/mol. The van der Waals surface area contributed by atoms with Crippen LogP contribution in [0.15, 0.2) is 54.9 Å². The van der Waals surface area contributed by atoms with Crippen LogP contribution in [-0.2, 0) is 0 Å². The van der Waals surface area contributed by atoms with Gasteiger partial charge >= 0.3 is 0 Å². The van der Waals surface area contributed by atoms with Crippen molar-refractivity contribution in [2.24, 2.45) is 0 Å². The highest BCUT2D eigenvalue weighted by molar-refractivity contribution is 5.95. The quantitative estimate of drug-likeness (QED) is 0.449. The van der Waals surface area contributed by atoms with Crippen LogP contribution in [0.4, 0.5) is 0 Å². The molecule has 0 spiro atoms. The number of imidazole rings is 1. The molecule has 0 aliphatic carbocycles. The molecule has 2 aromatic carbocycles. The molecule has 0 unspecified atom stereocenters. The number of rotatable bonds is 2. The Balaban J connectivity index is 1.71. The lowest BCUT2D eigenvalue weighted by atomic mass is 10.0. The summed E-state index contributed by atoms with van der Waals surface area (Å²) in [6.45, 7) is 1.88. The smallest absolute Gasteiger partial charge is 0.159 e. The van der Waals surface area contributed by atoms with E-state index in [4.69, 9.17) is 0 Å². The number of hydrogen-bond acceptors (Lipinski definition) is 4. The first-order valence-corrected chi connectivity index (χ1v) is 8.28. The molecule has 3 aromatic heterocycles. The molecule has 0 fully saturated rings. The minimum absolute atomic E-state index is 0.187. The lowest BCUT2D eigenvalue weighted by molar-refractivity contribution is 0.469. The van der Waals surface area contributed by atoms with Gasteiger partial charge in [0.1, 0.15) is 11.4 Å². The third-order valence-electron chi connectivity index (χ3n) is 4.68. The van der Waals surface area contributed by atoms with Gasteiger partial charge in [-0.05, 0) is 36.8 Å². The van der Waals surface area contributed by atoms with E-state index in [1.54, 1.807) is 6.20 Å². The van der Waals surface area contributed by atoms with E-state index < -0.39 is 0 Å². The van der Waals surface area contributed by atoms with Gasteiger partial charge < -0.3 is 10.1 Å². The summed E-state index contributed by atoms with van der Waals surface area (Å²) in [5.41, 5.74) is 6.23. The minimum Gasteiger partial charge on any atom is -0.506 e. The summed E-state index contributed by atoms with van der Waals surface area (Å²) in [7, 11) is 0. The maximum absolute atomic E-state index is 9.95. The van der Waals surface area contributed by atoms with Gasteiger partial charge in [0.15, 0.2) is 5.82 Å². The number of H-pyrrole nitrogens is 2. The Kier molecular flexibility index (Phi) is 3.05. The van der Waals surface area contributed by atoms with Crippen LogP contribution < -0.4 is 0 Å². The summed E-state index contributed by atoms with van der Waals surface area (Å²) in [6, 6.07) is 13.9. The second-order valence-electron chi connectivity index (χ2n) is 6.27. The maximum atomic E-state index is 9.95. The Labute approximate surface area is 148 Å². The molecule has 5 aromatic rings. The van der Waals surface area contributed by atoms with E-state index in [-0.39, 0.29) is 5.75 Å². The topological polar surface area (TPSA) is 90.5 Å². The number of nitrogens with one attached hydrogen (secondary N) is 2. The highest BCUT2D eigenvalue weighted by Gasteiger charge is 2.14. The number of aromatic nitrogens is 5. The summed E-state index contributed by atoms with van der Waals surface area (Å²) in [5.74, 6) is 0.910. The van der Waals surface area contributed by atoms with Gasteiger partial charge in [0.2, 0.25) is 0 Å². The summed E-state index contributed by atoms with van der Waals surface area (Å²) in [6.07, 6.45) is 3.21. The van der Waals surface area contributed by atoms with E-state index >= 15 is 0 Å². The summed E-state index contributed by atoms with van der Waals surface area (Å²) >= 11 is 0. The highest BCUT2D eigenvalue weighted by Crippen LogP contribution is 2.33. The van der Waals surface area contributed by atoms with Gasteiger partial charge in [0.05, 0.1) is 22.7 Å². The van der Waals surface area contributed by atoms with Crippen molar-refractivity contribution >= 4 is 21.9 Å². The first-order chi connectivity index (χ1) is 12.7. The van der Waals surface area contributed by atoms with E-state index in [0.29, 0.717) is 0 Å². The zero-order valence-electron chi connectivity index (χ0n) is 14.0. The van der Waals surface area contributed by atoms with Crippen LogP contribution >= 0.6 is 0 Å². The molecule has 0 atom stereocenters. The fourth-order valence-electron chi connectivity index (χ4n) is 3.23. The average Bonchev–Trinajstić information content (AvgIpc) is 3.26. The van der Waals surface area contributed by atoms with Crippen LogP contribution in [0.3, 0.4) is 0 Å². The van der Waals surface area contributed by atoms with Gasteiger partial charge in [0, 0.05) is 22.7 Å². The van der Waals surface area contributed by atoms with Crippen LogP contribution in [0, 0.1) is 6.92 Å². The minimum atomic E-state index is 0.187. The maximum Gasteiger partial charge on any atom is 0.159 e. The Morgan fingerprint density at radius 1 is 1.00 bits per heavy atom. The molecule has 0 radical (unpaired) electrons. The van der Waals surface area contributed by atoms with Gasteiger partial charge in [-0.1, -0.05) is 18.2 Å². The highest BCUT2D eigenvalue weighted by atomic mass is 16.3. The zero-order chi connectivity index (χ0) is 17.7. The van der Waals surface area contributed by atoms with Crippen LogP contribution in [0.2, 0.25) is 0 Å². The monoisotopic (exact) mass is 341 g/mol. The van der Waals surface area contributed by atoms with Gasteiger partial charge in [-0.25, -0.2) is 4.98 Å². The van der Waals surface area contributed by atoms with Gasteiger partial charge in [-0.3, -0.25) is 10.1 Å². The number of fused-ring (bicyclic) bond motifs is 2. The lowest BCUT2D eigenvalue weighted by Crippen LogP contribution is -1.87. The zero-order valence-corrected chi connectivity index (χ0v) is 14.0. The molecule has 26 heavy (non-hydrogen) atoms. The normalized spacial score (nSPS) is 11.4. The number of aromatic hydroxyl groups is 1. The SMILES string of the molecule is Cc1c(O)cncc1-c1ccc2[nH]nc(-c3nc4ccccc4[nH]3)c2c1. The fourth-order valence-corrected chi connectivity index (χ4v) is 3.23. The standard InChI is InChI=1S/C20H15N5O/c1-11-14(9-21-10-18(11)26)12-6-7-15-13(8-12)19(25-24-15)20-22-16-4-2-3-5-17(16)23-20/h2-10,26H,1H3,(H,22,23)(H,24,25). The van der Waals surface area contributed by atoms with Crippen LogP contribution in [0.5, 0.6) is 5.75 Å². The molecule has 0 bridgehead atoms. The van der Waals surface area contributed by atoms with Crippen molar-refractivity contribution in [3.8, 4) is 28.4 Å². The Morgan fingerprint density at radius 2 is 1.88 bits per heavy atom. The van der Waals surface area contributed by atoms with E-state index in [2.05, 4.69) is 25.1 Å². The molecule has 5 rings (SSSR count). The molecule has 126 valence electrons. The van der Waals surface area contributed by atoms with E-state index in [9.17, 15) is 5.11 Å². The van der Waals surface area contributed by atoms with Gasteiger partial charge in [0.25, 0.3) is 0 Å². The van der Waals surface area contributed by atoms with E-state index in [1.807, 2.05) is 49.4 Å². The third kappa shape index (κ3) is 2.16. The number of benzene rings is 2. The summed E-state index contributed by atoms with van der Waals surface area (Å²) in [4.78, 5) is 12.1. The number of para-hydroxylation sites is 2. The molecule has 3 heterocycles. The summed E-state index contributed by atoms with van der Waals surface area (Å²) < 4.78 is 0. The third-order valence-corrected chi connectivity index (χ3v) is 4.68. The van der Waals surface area contributed by atoms with Crippen LogP contribution in [-0.4, -0.2) is 30.3 Å². The van der Waals surface area contributed by atoms with E-state index in [1.165, 1.54) is 6.20 Å². The number of pyridine rings is 1. The average molecular weight is 341 g/mol. The molecule has 0 amide bonds. The Morgan fingerprint density at radius 3 is 2.77 bits per heavy atom. The fraction of sp³-hybridized carbons (Fsp3) is 0.0500. The molecular weight excluding hydrogens is 326 g/mol. The second-order valence-corrected chi connectivity index (χ2v) is 6.27. The molecule has 0 saturated carbocycles. The van der Waals surface area contributed by atoms with Crippen molar-refractivity contribution in [1.82, 2.24) is 25.1 Å². The van der Waals surface area contributed by atoms with Crippen LogP contribution in [0.1, 0.15) is 5.56 Å². The van der Waals surface area contributed by atoms with Crippen molar-refractivity contribution < 1.29 is 5.11 Å². The Bertz CT molecular complexity index is 1230. The largest absolute Gasteiger partial charge is 0.506 e. The predicted octanol–water partition coefficient (Wildman–Crippen LogP) is 4.18. The van der Waals surface area contributed by atoms with Gasteiger partial charge in [-0.15, -0.1) is 0 Å². The number of aromatic amines is 2. The number of hydrogen-bond donors (Lipinski definition) is 3. The van der Waals surface area contributed by atoms with E-state index in [0.717, 1.165) is 50.1 Å². The van der Waals surface area contributed by atoms with Crippen LogP contribution in [0.25, 0.3) is 44.6 Å². The summed E-state index contributed by atoms with van der Waals surface area (Å²) in [5, 5.41) is 18.4. The van der Waals surface area contributed by atoms with Crippen molar-refractivity contribution in [3.05, 3.63) is 60.4 Å². The Hall–Kier alpha value is -3.67. The van der Waals surface area contributed by atoms with Crippen molar-refractivity contribution in [1.29, 1.82) is 0 Å². The van der Waals surface area contributed by atoms with Gasteiger partial charge in [-0.2, -0.15) is 5.10 Å². The van der Waals surface area contributed by atoms with Crippen molar-refractivity contribution in [2.75, 3.05) is 0 Å². The molecular formula is C20H15N5O. The lowest BCUT2D eigenvalue weighted by Gasteiger charge is -2.07. The molecule has 0 aliphatic rings. The van der Waals surface area contributed by atoms with Crippen molar-refractivity contribution in [2.45, 2.75) is 6.92 Å². The molecule has 3 N–H and O–H groups in total. The molecule has 6 nitrogen and oxygen atoms in total. The first kappa shape index (κ1) is 14.7. The second kappa shape index (κ2) is 5.42. The molecule has 0 aliphatic heterocycles. The number of nitrogens with zero attached hydrogens (tertiary/aromatic N) is 3. The first-order valence-electron chi connectivity index (χ1n) is 8.28. The van der Waals surface area contributed by atoms with Crippen molar-refractivity contribution in [3.63, 3.8) is 0 Å².